The lowest BCUT2D eigenvalue weighted by atomic mass is 9.83. The molecule has 0 saturated carbocycles. The highest BCUT2D eigenvalue weighted by Crippen LogP contribution is 2.35. The van der Waals surface area contributed by atoms with E-state index in [1.54, 1.807) is 6.20 Å². The predicted octanol–water partition coefficient (Wildman–Crippen LogP) is 2.19. The van der Waals surface area contributed by atoms with Gasteiger partial charge in [0.2, 0.25) is 0 Å². The molecule has 3 nitrogen and oxygen atoms in total. The van der Waals surface area contributed by atoms with Crippen LogP contribution in [0.15, 0.2) is 12.3 Å². The average Bonchev–Trinajstić information content (AvgIpc) is 2.25. The van der Waals surface area contributed by atoms with Crippen LogP contribution in [0, 0.1) is 5.92 Å². The Balaban J connectivity index is 1.80. The molecule has 3 rings (SSSR count). The molecular formula is C11H13Cl2N3. The maximum atomic E-state index is 5.98. The fourth-order valence-electron chi connectivity index (χ4n) is 2.59. The number of rotatable bonds is 1. The van der Waals surface area contributed by atoms with Gasteiger partial charge in [-0.15, -0.1) is 0 Å². The third-order valence-corrected chi connectivity index (χ3v) is 4.22. The SMILES string of the molecule is Clc1cc(N2C[C@@H]3CCNC[C@@H]32)cnc1Cl. The van der Waals surface area contributed by atoms with E-state index in [0.717, 1.165) is 31.2 Å². The fraction of sp³-hybridized carbons (Fsp3) is 0.545. The highest BCUT2D eigenvalue weighted by atomic mass is 35.5. The van der Waals surface area contributed by atoms with E-state index in [-0.39, 0.29) is 0 Å². The molecule has 2 atom stereocenters. The summed E-state index contributed by atoms with van der Waals surface area (Å²) in [5, 5.41) is 4.33. The third kappa shape index (κ3) is 1.67. The number of nitrogens with zero attached hydrogens (tertiary/aromatic N) is 2. The van der Waals surface area contributed by atoms with Crippen LogP contribution in [0.25, 0.3) is 0 Å². The Morgan fingerprint density at radius 2 is 2.31 bits per heavy atom. The van der Waals surface area contributed by atoms with Crippen molar-refractivity contribution in [2.24, 2.45) is 5.92 Å². The van der Waals surface area contributed by atoms with Gasteiger partial charge in [-0.2, -0.15) is 0 Å². The summed E-state index contributed by atoms with van der Waals surface area (Å²) in [6.45, 7) is 3.32. The van der Waals surface area contributed by atoms with Gasteiger partial charge < -0.3 is 10.2 Å². The molecule has 0 aromatic carbocycles. The first-order chi connectivity index (χ1) is 7.75. The molecule has 1 N–H and O–H groups in total. The molecule has 2 aliphatic rings. The van der Waals surface area contributed by atoms with E-state index in [1.165, 1.54) is 6.42 Å². The Kier molecular flexibility index (Phi) is 2.70. The van der Waals surface area contributed by atoms with Gasteiger partial charge in [-0.25, -0.2) is 4.98 Å². The highest BCUT2D eigenvalue weighted by Gasteiger charge is 2.40. The van der Waals surface area contributed by atoms with E-state index in [1.807, 2.05) is 6.07 Å². The van der Waals surface area contributed by atoms with E-state index in [9.17, 15) is 0 Å². The standard InChI is InChI=1S/C11H13Cl2N3/c12-9-3-8(4-15-11(9)13)16-6-7-1-2-14-5-10(7)16/h3-4,7,10,14H,1-2,5-6H2/t7-,10-/m0/s1. The van der Waals surface area contributed by atoms with Crippen LogP contribution in [-0.4, -0.2) is 30.7 Å². The first-order valence-corrected chi connectivity index (χ1v) is 6.29. The largest absolute Gasteiger partial charge is 0.365 e. The quantitative estimate of drug-likeness (QED) is 0.782. The maximum Gasteiger partial charge on any atom is 0.147 e. The van der Waals surface area contributed by atoms with E-state index < -0.39 is 0 Å². The first kappa shape index (κ1) is 10.6. The second-order valence-electron chi connectivity index (χ2n) is 4.44. The van der Waals surface area contributed by atoms with Gasteiger partial charge in [0.25, 0.3) is 0 Å². The summed E-state index contributed by atoms with van der Waals surface area (Å²) < 4.78 is 0. The molecule has 3 heterocycles. The summed E-state index contributed by atoms with van der Waals surface area (Å²) in [7, 11) is 0. The Labute approximate surface area is 105 Å². The molecule has 2 aliphatic heterocycles. The topological polar surface area (TPSA) is 28.2 Å². The molecule has 0 spiro atoms. The second kappa shape index (κ2) is 4.06. The third-order valence-electron chi connectivity index (χ3n) is 3.53. The van der Waals surface area contributed by atoms with E-state index in [2.05, 4.69) is 15.2 Å². The molecule has 0 aliphatic carbocycles. The van der Waals surface area contributed by atoms with Crippen molar-refractivity contribution in [1.82, 2.24) is 10.3 Å². The zero-order valence-corrected chi connectivity index (χ0v) is 10.3. The molecule has 1 aromatic rings. The lowest BCUT2D eigenvalue weighted by Crippen LogP contribution is -2.63. The van der Waals surface area contributed by atoms with Crippen LogP contribution in [0.4, 0.5) is 5.69 Å². The summed E-state index contributed by atoms with van der Waals surface area (Å²) >= 11 is 11.8. The van der Waals surface area contributed by atoms with Crippen LogP contribution in [0.1, 0.15) is 6.42 Å². The van der Waals surface area contributed by atoms with Crippen molar-refractivity contribution in [2.45, 2.75) is 12.5 Å². The minimum absolute atomic E-state index is 0.379. The Hall–Kier alpha value is -0.510. The number of aromatic nitrogens is 1. The van der Waals surface area contributed by atoms with Crippen LogP contribution in [-0.2, 0) is 0 Å². The van der Waals surface area contributed by atoms with Crippen molar-refractivity contribution in [3.63, 3.8) is 0 Å². The zero-order valence-electron chi connectivity index (χ0n) is 8.79. The molecule has 0 radical (unpaired) electrons. The average molecular weight is 258 g/mol. The fourth-order valence-corrected chi connectivity index (χ4v) is 2.85. The predicted molar refractivity (Wildman–Crippen MR) is 66.4 cm³/mol. The number of hydrogen-bond donors (Lipinski definition) is 1. The molecule has 0 bridgehead atoms. The van der Waals surface area contributed by atoms with E-state index >= 15 is 0 Å². The number of hydrogen-bond acceptors (Lipinski definition) is 3. The number of piperidine rings is 1. The van der Waals surface area contributed by atoms with Crippen LogP contribution in [0.5, 0.6) is 0 Å². The molecule has 2 saturated heterocycles. The smallest absolute Gasteiger partial charge is 0.147 e. The normalized spacial score (nSPS) is 28.5. The molecular weight excluding hydrogens is 245 g/mol. The summed E-state index contributed by atoms with van der Waals surface area (Å²) in [6.07, 6.45) is 3.08. The first-order valence-electron chi connectivity index (χ1n) is 5.54. The number of fused-ring (bicyclic) bond motifs is 1. The van der Waals surface area contributed by atoms with Crippen molar-refractivity contribution in [2.75, 3.05) is 24.5 Å². The van der Waals surface area contributed by atoms with Gasteiger partial charge in [0.1, 0.15) is 5.15 Å². The van der Waals surface area contributed by atoms with Crippen LogP contribution >= 0.6 is 23.2 Å². The maximum absolute atomic E-state index is 5.98. The van der Waals surface area contributed by atoms with Gasteiger partial charge in [-0.05, 0) is 24.9 Å². The summed E-state index contributed by atoms with van der Waals surface area (Å²) in [5.74, 6) is 0.829. The van der Waals surface area contributed by atoms with Crippen molar-refractivity contribution in [3.05, 3.63) is 22.4 Å². The van der Waals surface area contributed by atoms with Gasteiger partial charge in [0.15, 0.2) is 0 Å². The lowest BCUT2D eigenvalue weighted by molar-refractivity contribution is 0.229. The van der Waals surface area contributed by atoms with Gasteiger partial charge in [0.05, 0.1) is 16.9 Å². The second-order valence-corrected chi connectivity index (χ2v) is 5.20. The minimum atomic E-state index is 0.379. The molecule has 16 heavy (non-hydrogen) atoms. The van der Waals surface area contributed by atoms with Crippen molar-refractivity contribution in [1.29, 1.82) is 0 Å². The van der Waals surface area contributed by atoms with Gasteiger partial charge in [-0.3, -0.25) is 0 Å². The molecule has 86 valence electrons. The van der Waals surface area contributed by atoms with Crippen LogP contribution < -0.4 is 10.2 Å². The Bertz CT molecular complexity index is 410. The number of anilines is 1. The number of pyridine rings is 1. The van der Waals surface area contributed by atoms with Gasteiger partial charge in [0, 0.05) is 19.1 Å². The van der Waals surface area contributed by atoms with Gasteiger partial charge >= 0.3 is 0 Å². The van der Waals surface area contributed by atoms with Crippen LogP contribution in [0.2, 0.25) is 10.2 Å². The number of halogens is 2. The molecule has 1 aromatic heterocycles. The monoisotopic (exact) mass is 257 g/mol. The molecule has 5 heteroatoms. The number of nitrogens with one attached hydrogen (secondary N) is 1. The minimum Gasteiger partial charge on any atom is -0.365 e. The Morgan fingerprint density at radius 1 is 1.44 bits per heavy atom. The molecule has 0 unspecified atom stereocenters. The molecule has 0 amide bonds. The van der Waals surface area contributed by atoms with Crippen LogP contribution in [0.3, 0.4) is 0 Å². The summed E-state index contributed by atoms with van der Waals surface area (Å²) in [5.41, 5.74) is 1.08. The van der Waals surface area contributed by atoms with Gasteiger partial charge in [-0.1, -0.05) is 23.2 Å². The van der Waals surface area contributed by atoms with E-state index in [4.69, 9.17) is 23.2 Å². The molecule has 2 fully saturated rings. The lowest BCUT2D eigenvalue weighted by Gasteiger charge is -2.52. The summed E-state index contributed by atoms with van der Waals surface area (Å²) in [4.78, 5) is 6.44. The van der Waals surface area contributed by atoms with E-state index in [0.29, 0.717) is 16.2 Å². The van der Waals surface area contributed by atoms with Crippen molar-refractivity contribution in [3.8, 4) is 0 Å². The van der Waals surface area contributed by atoms with Crippen molar-refractivity contribution < 1.29 is 0 Å². The summed E-state index contributed by atoms with van der Waals surface area (Å²) in [6, 6.07) is 2.51. The zero-order chi connectivity index (χ0) is 11.1. The van der Waals surface area contributed by atoms with Crippen molar-refractivity contribution >= 4 is 28.9 Å². The highest BCUT2D eigenvalue weighted by molar-refractivity contribution is 6.41. The Morgan fingerprint density at radius 3 is 3.06 bits per heavy atom.